The third kappa shape index (κ3) is 3.74. The lowest BCUT2D eigenvalue weighted by atomic mass is 9.83. The molecule has 2 aliphatic rings. The minimum Gasteiger partial charge on any atom is -0.396 e. The van der Waals surface area contributed by atoms with Crippen LogP contribution in [0.5, 0.6) is 0 Å². The van der Waals surface area contributed by atoms with Gasteiger partial charge in [0.05, 0.1) is 19.8 Å². The van der Waals surface area contributed by atoms with Crippen LogP contribution in [0.3, 0.4) is 0 Å². The molecule has 5 nitrogen and oxygen atoms in total. The smallest absolute Gasteiger partial charge is 0.193 e. The maximum Gasteiger partial charge on any atom is 0.193 e. The molecule has 0 aromatic heterocycles. The minimum absolute atomic E-state index is 0.0748. The van der Waals surface area contributed by atoms with E-state index in [0.717, 1.165) is 51.6 Å². The molecule has 2 saturated heterocycles. The summed E-state index contributed by atoms with van der Waals surface area (Å²) in [5.74, 6) is 1.01. The molecule has 1 atom stereocenters. The second kappa shape index (κ2) is 7.64. The molecule has 0 bridgehead atoms. The number of aliphatic imine (C=N–C) groups is 1. The van der Waals surface area contributed by atoms with Gasteiger partial charge in [-0.1, -0.05) is 13.8 Å². The predicted octanol–water partition coefficient (Wildman–Crippen LogP) is 1.86. The predicted molar refractivity (Wildman–Crippen MR) is 90.1 cm³/mol. The first kappa shape index (κ1) is 17.5. The number of aliphatic hydroxyl groups excluding tert-OH is 1. The Bertz CT molecular complexity index is 366. The fraction of sp³-hybridized carbons (Fsp3) is 0.941. The minimum atomic E-state index is -0.0748. The van der Waals surface area contributed by atoms with Crippen molar-refractivity contribution in [3.05, 3.63) is 0 Å². The van der Waals surface area contributed by atoms with Crippen molar-refractivity contribution < 1.29 is 9.84 Å². The highest BCUT2D eigenvalue weighted by molar-refractivity contribution is 5.80. The van der Waals surface area contributed by atoms with Gasteiger partial charge in [0.25, 0.3) is 0 Å². The molecule has 2 N–H and O–H groups in total. The van der Waals surface area contributed by atoms with Crippen LogP contribution in [0.25, 0.3) is 0 Å². The molecule has 2 rings (SSSR count). The third-order valence-electron chi connectivity index (χ3n) is 5.66. The van der Waals surface area contributed by atoms with Gasteiger partial charge in [-0.15, -0.1) is 0 Å². The molecule has 1 spiro atoms. The van der Waals surface area contributed by atoms with E-state index in [1.54, 1.807) is 0 Å². The lowest BCUT2D eigenvalue weighted by Gasteiger charge is -2.29. The largest absolute Gasteiger partial charge is 0.396 e. The number of nitrogens with one attached hydrogen (secondary N) is 1. The van der Waals surface area contributed by atoms with Crippen molar-refractivity contribution in [1.29, 1.82) is 0 Å². The summed E-state index contributed by atoms with van der Waals surface area (Å²) in [4.78, 5) is 7.25. The normalized spacial score (nSPS) is 26.2. The second-order valence-electron chi connectivity index (χ2n) is 7.01. The summed E-state index contributed by atoms with van der Waals surface area (Å²) in [6.45, 7) is 12.1. The first-order valence-electron chi connectivity index (χ1n) is 8.84. The Morgan fingerprint density at radius 3 is 2.64 bits per heavy atom. The van der Waals surface area contributed by atoms with E-state index in [2.05, 4.69) is 31.0 Å². The summed E-state index contributed by atoms with van der Waals surface area (Å²) in [5, 5.41) is 13.2. The molecule has 0 aromatic carbocycles. The van der Waals surface area contributed by atoms with Crippen molar-refractivity contribution in [2.24, 2.45) is 15.8 Å². The molecule has 0 saturated carbocycles. The van der Waals surface area contributed by atoms with Gasteiger partial charge in [-0.05, 0) is 32.6 Å². The van der Waals surface area contributed by atoms with Gasteiger partial charge >= 0.3 is 0 Å². The van der Waals surface area contributed by atoms with Crippen LogP contribution in [0.4, 0.5) is 0 Å². The number of likely N-dealkylation sites (tertiary alicyclic amines) is 1. The quantitative estimate of drug-likeness (QED) is 0.581. The summed E-state index contributed by atoms with van der Waals surface area (Å²) in [7, 11) is 0. The molecule has 2 heterocycles. The van der Waals surface area contributed by atoms with Crippen molar-refractivity contribution in [3.63, 3.8) is 0 Å². The zero-order chi connectivity index (χ0) is 16.1. The fourth-order valence-corrected chi connectivity index (χ4v) is 3.50. The lowest BCUT2D eigenvalue weighted by Crippen LogP contribution is -2.42. The Labute approximate surface area is 135 Å². The summed E-state index contributed by atoms with van der Waals surface area (Å²) >= 11 is 0. The molecule has 128 valence electrons. The van der Waals surface area contributed by atoms with E-state index in [9.17, 15) is 5.11 Å². The number of hydrogen-bond donors (Lipinski definition) is 2. The topological polar surface area (TPSA) is 57.1 Å². The zero-order valence-electron chi connectivity index (χ0n) is 14.5. The van der Waals surface area contributed by atoms with Crippen LogP contribution in [0, 0.1) is 10.8 Å². The highest BCUT2D eigenvalue weighted by atomic mass is 16.5. The van der Waals surface area contributed by atoms with Gasteiger partial charge in [-0.3, -0.25) is 4.99 Å². The Kier molecular flexibility index (Phi) is 6.09. The summed E-state index contributed by atoms with van der Waals surface area (Å²) in [6, 6.07) is 0. The van der Waals surface area contributed by atoms with Gasteiger partial charge in [0.1, 0.15) is 0 Å². The highest BCUT2D eigenvalue weighted by Gasteiger charge is 2.42. The lowest BCUT2D eigenvalue weighted by molar-refractivity contribution is 0.123. The van der Waals surface area contributed by atoms with Gasteiger partial charge < -0.3 is 20.1 Å². The molecule has 1 unspecified atom stereocenters. The van der Waals surface area contributed by atoms with Crippen LogP contribution >= 0.6 is 0 Å². The maximum atomic E-state index is 9.73. The van der Waals surface area contributed by atoms with Crippen molar-refractivity contribution in [1.82, 2.24) is 10.2 Å². The van der Waals surface area contributed by atoms with E-state index in [4.69, 9.17) is 9.73 Å². The van der Waals surface area contributed by atoms with Crippen LogP contribution in [0.1, 0.15) is 46.5 Å². The van der Waals surface area contributed by atoms with E-state index < -0.39 is 0 Å². The third-order valence-corrected chi connectivity index (χ3v) is 5.66. The molecule has 0 aliphatic carbocycles. The Morgan fingerprint density at radius 2 is 2.09 bits per heavy atom. The first-order valence-corrected chi connectivity index (χ1v) is 8.84. The maximum absolute atomic E-state index is 9.73. The van der Waals surface area contributed by atoms with E-state index in [1.165, 1.54) is 12.8 Å². The summed E-state index contributed by atoms with van der Waals surface area (Å²) in [6.07, 6.45) is 4.29. The van der Waals surface area contributed by atoms with Crippen LogP contribution < -0.4 is 5.32 Å². The molecule has 5 heteroatoms. The van der Waals surface area contributed by atoms with E-state index in [0.29, 0.717) is 12.0 Å². The number of aliphatic hydroxyl groups is 1. The van der Waals surface area contributed by atoms with Gasteiger partial charge in [-0.2, -0.15) is 0 Å². The molecule has 0 amide bonds. The average molecular weight is 311 g/mol. The van der Waals surface area contributed by atoms with Crippen LogP contribution in [0.2, 0.25) is 0 Å². The molecule has 0 aromatic rings. The van der Waals surface area contributed by atoms with E-state index in [1.807, 2.05) is 0 Å². The molecule has 22 heavy (non-hydrogen) atoms. The first-order chi connectivity index (χ1) is 10.6. The molecule has 2 aliphatic heterocycles. The van der Waals surface area contributed by atoms with Gasteiger partial charge in [0.2, 0.25) is 0 Å². The second-order valence-corrected chi connectivity index (χ2v) is 7.01. The Morgan fingerprint density at radius 1 is 1.32 bits per heavy atom. The van der Waals surface area contributed by atoms with Crippen molar-refractivity contribution in [2.45, 2.75) is 46.5 Å². The average Bonchev–Trinajstić information content (AvgIpc) is 3.18. The fourth-order valence-electron chi connectivity index (χ4n) is 3.50. The standard InChI is InChI=1S/C17H33N3O2/c1-4-16(5-2,13-21)11-19-15(18-6-3)20-9-7-17(12-20)8-10-22-14-17/h21H,4-14H2,1-3H3,(H,18,19). The molecule has 0 radical (unpaired) electrons. The van der Waals surface area contributed by atoms with E-state index >= 15 is 0 Å². The zero-order valence-corrected chi connectivity index (χ0v) is 14.5. The van der Waals surface area contributed by atoms with Crippen LogP contribution in [0.15, 0.2) is 4.99 Å². The van der Waals surface area contributed by atoms with Crippen molar-refractivity contribution in [2.75, 3.05) is 46.0 Å². The molecular formula is C17H33N3O2. The summed E-state index contributed by atoms with van der Waals surface area (Å²) < 4.78 is 5.62. The number of rotatable bonds is 6. The van der Waals surface area contributed by atoms with Crippen molar-refractivity contribution >= 4 is 5.96 Å². The van der Waals surface area contributed by atoms with Crippen LogP contribution in [-0.2, 0) is 4.74 Å². The Balaban J connectivity index is 2.04. The van der Waals surface area contributed by atoms with Gasteiger partial charge in [-0.25, -0.2) is 0 Å². The number of guanidine groups is 1. The van der Waals surface area contributed by atoms with Crippen molar-refractivity contribution in [3.8, 4) is 0 Å². The molecular weight excluding hydrogens is 278 g/mol. The number of nitrogens with zero attached hydrogens (tertiary/aromatic N) is 2. The SMILES string of the molecule is CCNC(=NCC(CC)(CC)CO)N1CCC2(CCOC2)C1. The highest BCUT2D eigenvalue weighted by Crippen LogP contribution is 2.38. The van der Waals surface area contributed by atoms with Gasteiger partial charge in [0, 0.05) is 37.1 Å². The Hall–Kier alpha value is -0.810. The van der Waals surface area contributed by atoms with E-state index in [-0.39, 0.29) is 12.0 Å². The number of ether oxygens (including phenoxy) is 1. The summed E-state index contributed by atoms with van der Waals surface area (Å²) in [5.41, 5.74) is 0.272. The van der Waals surface area contributed by atoms with Crippen LogP contribution in [-0.4, -0.2) is 62.0 Å². The monoisotopic (exact) mass is 311 g/mol. The molecule has 2 fully saturated rings. The van der Waals surface area contributed by atoms with Gasteiger partial charge in [0.15, 0.2) is 5.96 Å². The number of hydrogen-bond acceptors (Lipinski definition) is 3.